The quantitative estimate of drug-likeness (QED) is 0.422. The molecule has 1 aromatic carbocycles. The third-order valence-electron chi connectivity index (χ3n) is 4.42. The average Bonchev–Trinajstić information content (AvgIpc) is 2.86. The summed E-state index contributed by atoms with van der Waals surface area (Å²) in [5.41, 5.74) is 0.952. The van der Waals surface area contributed by atoms with Gasteiger partial charge >= 0.3 is 0 Å². The summed E-state index contributed by atoms with van der Waals surface area (Å²) >= 11 is 0. The van der Waals surface area contributed by atoms with Crippen molar-refractivity contribution in [3.63, 3.8) is 0 Å². The summed E-state index contributed by atoms with van der Waals surface area (Å²) in [5.74, 6) is 2.41. The Balaban J connectivity index is 1.87. The molecule has 6 nitrogen and oxygen atoms in total. The van der Waals surface area contributed by atoms with Gasteiger partial charge in [0, 0.05) is 37.3 Å². The Morgan fingerprint density at radius 3 is 2.69 bits per heavy atom. The maximum absolute atomic E-state index is 5.76. The van der Waals surface area contributed by atoms with Gasteiger partial charge in [0.25, 0.3) is 0 Å². The van der Waals surface area contributed by atoms with Crippen LogP contribution in [0.3, 0.4) is 0 Å². The van der Waals surface area contributed by atoms with Crippen molar-refractivity contribution in [3.8, 4) is 11.5 Å². The Kier molecular flexibility index (Phi) is 8.54. The molecule has 0 saturated carbocycles. The molecule has 0 bridgehead atoms. The van der Waals surface area contributed by atoms with Crippen LogP contribution in [-0.2, 0) is 0 Å². The van der Waals surface area contributed by atoms with Crippen molar-refractivity contribution < 1.29 is 9.47 Å². The number of aliphatic imine (C=N–C) groups is 1. The van der Waals surface area contributed by atoms with Crippen LogP contribution in [-0.4, -0.2) is 56.8 Å². The largest absolute Gasteiger partial charge is 0.490 e. The molecule has 0 aromatic heterocycles. The number of anilines is 1. The first-order chi connectivity index (χ1) is 12.6. The summed E-state index contributed by atoms with van der Waals surface area (Å²) in [7, 11) is 2.17. The van der Waals surface area contributed by atoms with E-state index in [1.54, 1.807) is 0 Å². The molecule has 1 heterocycles. The lowest BCUT2D eigenvalue weighted by Gasteiger charge is -2.20. The molecule has 26 heavy (non-hydrogen) atoms. The second kappa shape index (κ2) is 10.9. The van der Waals surface area contributed by atoms with Crippen molar-refractivity contribution in [2.75, 3.05) is 45.2 Å². The van der Waals surface area contributed by atoms with Crippen molar-refractivity contribution in [2.45, 2.75) is 46.1 Å². The van der Waals surface area contributed by atoms with E-state index in [4.69, 9.17) is 9.47 Å². The predicted molar refractivity (Wildman–Crippen MR) is 109 cm³/mol. The minimum atomic E-state index is 0.594. The molecule has 0 unspecified atom stereocenters. The first kappa shape index (κ1) is 20.4. The molecule has 0 aliphatic carbocycles. The van der Waals surface area contributed by atoms with E-state index in [2.05, 4.69) is 48.3 Å². The number of nitrogens with zero attached hydrogens (tertiary/aromatic N) is 2. The molecule has 0 spiro atoms. The van der Waals surface area contributed by atoms with Crippen LogP contribution < -0.4 is 20.1 Å². The lowest BCUT2D eigenvalue weighted by molar-refractivity contribution is 0.269. The van der Waals surface area contributed by atoms with E-state index in [-0.39, 0.29) is 0 Å². The lowest BCUT2D eigenvalue weighted by Crippen LogP contribution is -2.31. The number of hydrogen-bond donors (Lipinski definition) is 2. The second-order valence-corrected chi connectivity index (χ2v) is 6.88. The van der Waals surface area contributed by atoms with Gasteiger partial charge in [-0.05, 0) is 59.3 Å². The van der Waals surface area contributed by atoms with Gasteiger partial charge in [0.1, 0.15) is 0 Å². The van der Waals surface area contributed by atoms with E-state index in [1.165, 1.54) is 0 Å². The molecule has 1 aliphatic rings. The van der Waals surface area contributed by atoms with Crippen LogP contribution in [0.4, 0.5) is 5.69 Å². The molecule has 2 rings (SSSR count). The van der Waals surface area contributed by atoms with Crippen LogP contribution in [0.25, 0.3) is 0 Å². The van der Waals surface area contributed by atoms with Crippen molar-refractivity contribution in [1.29, 1.82) is 0 Å². The minimum absolute atomic E-state index is 0.594. The Bertz CT molecular complexity index is 575. The molecule has 0 fully saturated rings. The average molecular weight is 363 g/mol. The Morgan fingerprint density at radius 1 is 1.19 bits per heavy atom. The number of nitrogens with one attached hydrogen (secondary N) is 2. The summed E-state index contributed by atoms with van der Waals surface area (Å²) < 4.78 is 11.4. The molecule has 1 aromatic rings. The molecular formula is C20H34N4O2. The SMILES string of the molecule is CCNC(=NCCCCN(C)C(C)C)Nc1ccc2c(c1)OCCCO2. The third kappa shape index (κ3) is 6.75. The summed E-state index contributed by atoms with van der Waals surface area (Å²) in [6.45, 7) is 10.7. The summed E-state index contributed by atoms with van der Waals surface area (Å²) in [4.78, 5) is 7.05. The summed E-state index contributed by atoms with van der Waals surface area (Å²) in [5, 5.41) is 6.66. The van der Waals surface area contributed by atoms with Crippen molar-refractivity contribution in [1.82, 2.24) is 10.2 Å². The van der Waals surface area contributed by atoms with E-state index in [1.807, 2.05) is 18.2 Å². The zero-order chi connectivity index (χ0) is 18.8. The third-order valence-corrected chi connectivity index (χ3v) is 4.42. The molecule has 0 amide bonds. The molecule has 1 aliphatic heterocycles. The van der Waals surface area contributed by atoms with Gasteiger partial charge in [-0.3, -0.25) is 4.99 Å². The number of guanidine groups is 1. The van der Waals surface area contributed by atoms with Crippen molar-refractivity contribution in [2.24, 2.45) is 4.99 Å². The first-order valence-electron chi connectivity index (χ1n) is 9.75. The number of hydrogen-bond acceptors (Lipinski definition) is 4. The highest BCUT2D eigenvalue weighted by Gasteiger charge is 2.11. The number of ether oxygens (including phenoxy) is 2. The summed E-state index contributed by atoms with van der Waals surface area (Å²) in [6.07, 6.45) is 3.14. The smallest absolute Gasteiger partial charge is 0.195 e. The number of unbranched alkanes of at least 4 members (excludes halogenated alkanes) is 1. The maximum Gasteiger partial charge on any atom is 0.195 e. The van der Waals surface area contributed by atoms with E-state index in [0.29, 0.717) is 19.3 Å². The molecule has 146 valence electrons. The molecular weight excluding hydrogens is 328 g/mol. The second-order valence-electron chi connectivity index (χ2n) is 6.88. The Morgan fingerprint density at radius 2 is 1.96 bits per heavy atom. The zero-order valence-corrected chi connectivity index (χ0v) is 16.7. The van der Waals surface area contributed by atoms with Gasteiger partial charge in [-0.1, -0.05) is 0 Å². The number of benzene rings is 1. The van der Waals surface area contributed by atoms with Gasteiger partial charge in [-0.25, -0.2) is 0 Å². The van der Waals surface area contributed by atoms with Crippen LogP contribution in [0.1, 0.15) is 40.0 Å². The molecule has 0 radical (unpaired) electrons. The van der Waals surface area contributed by atoms with Gasteiger partial charge in [0.15, 0.2) is 17.5 Å². The van der Waals surface area contributed by atoms with E-state index in [9.17, 15) is 0 Å². The van der Waals surface area contributed by atoms with Crippen LogP contribution in [0.2, 0.25) is 0 Å². The standard InChI is InChI=1S/C20H34N4O2/c1-5-21-20(22-11-6-7-12-24(4)16(2)3)23-17-9-10-18-19(15-17)26-14-8-13-25-18/h9-10,15-16H,5-8,11-14H2,1-4H3,(H2,21,22,23). The highest BCUT2D eigenvalue weighted by molar-refractivity contribution is 5.93. The fraction of sp³-hybridized carbons (Fsp3) is 0.650. The normalized spacial score (nSPS) is 14.5. The van der Waals surface area contributed by atoms with Gasteiger partial charge in [0.2, 0.25) is 0 Å². The first-order valence-corrected chi connectivity index (χ1v) is 9.75. The highest BCUT2D eigenvalue weighted by atomic mass is 16.5. The van der Waals surface area contributed by atoms with Crippen molar-refractivity contribution >= 4 is 11.6 Å². The van der Waals surface area contributed by atoms with Crippen LogP contribution >= 0.6 is 0 Å². The van der Waals surface area contributed by atoms with E-state index in [0.717, 1.165) is 62.0 Å². The zero-order valence-electron chi connectivity index (χ0n) is 16.7. The van der Waals surface area contributed by atoms with Gasteiger partial charge in [-0.15, -0.1) is 0 Å². The molecule has 0 atom stereocenters. The predicted octanol–water partition coefficient (Wildman–Crippen LogP) is 3.35. The fourth-order valence-corrected chi connectivity index (χ4v) is 2.61. The van der Waals surface area contributed by atoms with Crippen LogP contribution in [0, 0.1) is 0 Å². The molecule has 0 saturated heterocycles. The van der Waals surface area contributed by atoms with E-state index < -0.39 is 0 Å². The monoisotopic (exact) mass is 362 g/mol. The fourth-order valence-electron chi connectivity index (χ4n) is 2.61. The van der Waals surface area contributed by atoms with Gasteiger partial charge in [0.05, 0.1) is 13.2 Å². The van der Waals surface area contributed by atoms with Crippen LogP contribution in [0.5, 0.6) is 11.5 Å². The van der Waals surface area contributed by atoms with E-state index >= 15 is 0 Å². The molecule has 2 N–H and O–H groups in total. The Labute approximate surface area is 158 Å². The topological polar surface area (TPSA) is 58.1 Å². The van der Waals surface area contributed by atoms with Gasteiger partial charge in [-0.2, -0.15) is 0 Å². The lowest BCUT2D eigenvalue weighted by atomic mass is 10.2. The Hall–Kier alpha value is -1.95. The number of fused-ring (bicyclic) bond motifs is 1. The summed E-state index contributed by atoms with van der Waals surface area (Å²) in [6, 6.07) is 6.52. The number of rotatable bonds is 8. The van der Waals surface area contributed by atoms with Gasteiger partial charge < -0.3 is 25.0 Å². The minimum Gasteiger partial charge on any atom is -0.490 e. The van der Waals surface area contributed by atoms with Crippen LogP contribution in [0.15, 0.2) is 23.2 Å². The molecule has 6 heteroatoms. The highest BCUT2D eigenvalue weighted by Crippen LogP contribution is 2.32. The van der Waals surface area contributed by atoms with Crippen molar-refractivity contribution in [3.05, 3.63) is 18.2 Å². The maximum atomic E-state index is 5.76.